The van der Waals surface area contributed by atoms with Crippen molar-refractivity contribution in [2.24, 2.45) is 5.73 Å². The van der Waals surface area contributed by atoms with Crippen LogP contribution in [-0.2, 0) is 9.53 Å². The average Bonchev–Trinajstić information content (AvgIpc) is 3.33. The number of hydrogen-bond acceptors (Lipinski definition) is 5. The number of nitrogens with one attached hydrogen (secondary N) is 1. The van der Waals surface area contributed by atoms with Crippen molar-refractivity contribution in [2.75, 3.05) is 25.6 Å². The van der Waals surface area contributed by atoms with E-state index >= 15 is 0 Å². The Bertz CT molecular complexity index is 1150. The van der Waals surface area contributed by atoms with Gasteiger partial charge in [-0.3, -0.25) is 14.4 Å². The summed E-state index contributed by atoms with van der Waals surface area (Å²) >= 11 is 1.49. The second-order valence-electron chi connectivity index (χ2n) is 7.42. The molecule has 1 aliphatic rings. The molecule has 1 aliphatic heterocycles. The van der Waals surface area contributed by atoms with Crippen LogP contribution in [0.2, 0.25) is 0 Å². The summed E-state index contributed by atoms with van der Waals surface area (Å²) in [5.41, 5.74) is 7.19. The van der Waals surface area contributed by atoms with Gasteiger partial charge in [-0.05, 0) is 35.2 Å². The lowest BCUT2D eigenvalue weighted by molar-refractivity contribution is -0.119. The Morgan fingerprint density at radius 1 is 1.09 bits per heavy atom. The Hall–Kier alpha value is -3.49. The Kier molecular flexibility index (Phi) is 6.34. The molecule has 2 atom stereocenters. The van der Waals surface area contributed by atoms with Gasteiger partial charge < -0.3 is 20.7 Å². The highest BCUT2D eigenvalue weighted by Crippen LogP contribution is 2.44. The fourth-order valence-electron chi connectivity index (χ4n) is 4.10. The smallest absolute Gasteiger partial charge is 0.254 e. The van der Waals surface area contributed by atoms with Crippen molar-refractivity contribution in [1.82, 2.24) is 4.90 Å². The third-order valence-electron chi connectivity index (χ3n) is 5.54. The van der Waals surface area contributed by atoms with Crippen LogP contribution in [0.1, 0.15) is 43.1 Å². The highest BCUT2D eigenvalue weighted by atomic mass is 32.1. The number of amides is 3. The number of thiophene rings is 1. The van der Waals surface area contributed by atoms with Gasteiger partial charge in [0.2, 0.25) is 5.91 Å². The molecule has 7 nitrogen and oxygen atoms in total. The van der Waals surface area contributed by atoms with Gasteiger partial charge in [0.25, 0.3) is 11.8 Å². The molecule has 164 valence electrons. The van der Waals surface area contributed by atoms with Crippen LogP contribution in [0.5, 0.6) is 0 Å². The summed E-state index contributed by atoms with van der Waals surface area (Å²) < 4.78 is 5.24. The van der Waals surface area contributed by atoms with E-state index in [4.69, 9.17) is 10.5 Å². The molecule has 8 heteroatoms. The molecule has 2 aromatic carbocycles. The maximum atomic E-state index is 13.7. The van der Waals surface area contributed by atoms with E-state index in [2.05, 4.69) is 5.32 Å². The second kappa shape index (κ2) is 9.33. The highest BCUT2D eigenvalue weighted by molar-refractivity contribution is 7.10. The lowest BCUT2D eigenvalue weighted by Crippen LogP contribution is -2.47. The molecule has 0 saturated carbocycles. The molecule has 0 aliphatic carbocycles. The summed E-state index contributed by atoms with van der Waals surface area (Å²) in [7, 11) is 1.58. The van der Waals surface area contributed by atoms with Gasteiger partial charge in [0, 0.05) is 24.1 Å². The lowest BCUT2D eigenvalue weighted by Gasteiger charge is -2.41. The van der Waals surface area contributed by atoms with Gasteiger partial charge in [-0.25, -0.2) is 0 Å². The number of rotatable bonds is 7. The maximum absolute atomic E-state index is 13.7. The molecule has 0 bridgehead atoms. The number of methoxy groups -OCH3 is 1. The van der Waals surface area contributed by atoms with Crippen LogP contribution >= 0.6 is 11.3 Å². The van der Waals surface area contributed by atoms with Gasteiger partial charge in [-0.15, -0.1) is 11.3 Å². The number of anilines is 1. The number of ether oxygens (including phenoxy) is 1. The van der Waals surface area contributed by atoms with E-state index in [1.165, 1.54) is 11.3 Å². The fourth-order valence-corrected chi connectivity index (χ4v) is 4.98. The first-order valence-electron chi connectivity index (χ1n) is 10.1. The molecule has 3 amide bonds. The minimum absolute atomic E-state index is 0.141. The third-order valence-corrected chi connectivity index (χ3v) is 6.49. The van der Waals surface area contributed by atoms with Crippen LogP contribution in [-0.4, -0.2) is 42.9 Å². The Morgan fingerprint density at radius 3 is 2.56 bits per heavy atom. The van der Waals surface area contributed by atoms with Gasteiger partial charge in [-0.1, -0.05) is 36.4 Å². The number of para-hydroxylation sites is 1. The molecule has 0 spiro atoms. The van der Waals surface area contributed by atoms with Gasteiger partial charge in [0.05, 0.1) is 29.8 Å². The average molecular weight is 450 g/mol. The van der Waals surface area contributed by atoms with E-state index in [0.29, 0.717) is 30.0 Å². The van der Waals surface area contributed by atoms with E-state index in [1.54, 1.807) is 48.4 Å². The molecular formula is C24H23N3O4S. The van der Waals surface area contributed by atoms with Crippen molar-refractivity contribution in [3.8, 4) is 0 Å². The number of hydrogen-bond donors (Lipinski definition) is 2. The normalized spacial score (nSPS) is 17.7. The van der Waals surface area contributed by atoms with Crippen molar-refractivity contribution >= 4 is 34.7 Å². The van der Waals surface area contributed by atoms with E-state index in [0.717, 1.165) is 4.88 Å². The predicted molar refractivity (Wildman–Crippen MR) is 123 cm³/mol. The van der Waals surface area contributed by atoms with Gasteiger partial charge in [0.1, 0.15) is 0 Å². The summed E-state index contributed by atoms with van der Waals surface area (Å²) in [5, 5.41) is 4.80. The van der Waals surface area contributed by atoms with Crippen LogP contribution in [0.3, 0.4) is 0 Å². The lowest BCUT2D eigenvalue weighted by atomic mass is 9.81. The van der Waals surface area contributed by atoms with E-state index < -0.39 is 17.9 Å². The SMILES string of the molecule is COCCN1C(=O)c2ccccc2[C@@H](C(=O)Nc2ccccc2C(N)=O)[C@@H]1c1cccs1. The summed E-state index contributed by atoms with van der Waals surface area (Å²) in [5.74, 6) is -1.77. The van der Waals surface area contributed by atoms with Crippen LogP contribution in [0.4, 0.5) is 5.69 Å². The highest BCUT2D eigenvalue weighted by Gasteiger charge is 2.44. The summed E-state index contributed by atoms with van der Waals surface area (Å²) in [6.07, 6.45) is 0. The predicted octanol–water partition coefficient (Wildman–Crippen LogP) is 3.41. The quantitative estimate of drug-likeness (QED) is 0.577. The van der Waals surface area contributed by atoms with Crippen molar-refractivity contribution in [2.45, 2.75) is 12.0 Å². The summed E-state index contributed by atoms with van der Waals surface area (Å²) in [6.45, 7) is 0.683. The molecule has 32 heavy (non-hydrogen) atoms. The summed E-state index contributed by atoms with van der Waals surface area (Å²) in [4.78, 5) is 41.5. The zero-order chi connectivity index (χ0) is 22.7. The topological polar surface area (TPSA) is 102 Å². The zero-order valence-corrected chi connectivity index (χ0v) is 18.3. The number of benzene rings is 2. The van der Waals surface area contributed by atoms with Crippen molar-refractivity contribution in [3.63, 3.8) is 0 Å². The molecule has 1 aromatic heterocycles. The van der Waals surface area contributed by atoms with Crippen molar-refractivity contribution in [1.29, 1.82) is 0 Å². The minimum atomic E-state index is -0.680. The summed E-state index contributed by atoms with van der Waals surface area (Å²) in [6, 6.07) is 17.1. The van der Waals surface area contributed by atoms with Crippen LogP contribution in [0.25, 0.3) is 0 Å². The van der Waals surface area contributed by atoms with E-state index in [-0.39, 0.29) is 17.4 Å². The monoisotopic (exact) mass is 449 g/mol. The first-order valence-corrected chi connectivity index (χ1v) is 11.0. The van der Waals surface area contributed by atoms with Crippen LogP contribution in [0.15, 0.2) is 66.0 Å². The van der Waals surface area contributed by atoms with E-state index in [1.807, 2.05) is 29.6 Å². The Labute approximate surface area is 189 Å². The van der Waals surface area contributed by atoms with Crippen LogP contribution in [0, 0.1) is 0 Å². The third kappa shape index (κ3) is 4.02. The molecule has 0 saturated heterocycles. The zero-order valence-electron chi connectivity index (χ0n) is 17.5. The van der Waals surface area contributed by atoms with Gasteiger partial charge in [0.15, 0.2) is 0 Å². The van der Waals surface area contributed by atoms with Gasteiger partial charge in [-0.2, -0.15) is 0 Å². The first kappa shape index (κ1) is 21.7. The minimum Gasteiger partial charge on any atom is -0.383 e. The molecule has 0 fully saturated rings. The molecular weight excluding hydrogens is 426 g/mol. The standard InChI is InChI=1S/C24H23N3O4S/c1-31-13-12-27-21(19-11-6-14-32-19)20(15-7-2-3-8-16(15)24(27)30)23(29)26-18-10-5-4-9-17(18)22(25)28/h2-11,14,20-21H,12-13H2,1H3,(H2,25,28)(H,26,29)/t20-,21+/m1/s1. The maximum Gasteiger partial charge on any atom is 0.254 e. The molecule has 4 rings (SSSR count). The number of fused-ring (bicyclic) bond motifs is 1. The number of nitrogens with zero attached hydrogens (tertiary/aromatic N) is 1. The van der Waals surface area contributed by atoms with Crippen LogP contribution < -0.4 is 11.1 Å². The largest absolute Gasteiger partial charge is 0.383 e. The Balaban J connectivity index is 1.81. The fraction of sp³-hybridized carbons (Fsp3) is 0.208. The molecule has 3 aromatic rings. The first-order chi connectivity index (χ1) is 15.5. The second-order valence-corrected chi connectivity index (χ2v) is 8.39. The van der Waals surface area contributed by atoms with E-state index in [9.17, 15) is 14.4 Å². The molecule has 2 heterocycles. The number of nitrogens with two attached hydrogens (primary N) is 1. The Morgan fingerprint density at radius 2 is 1.84 bits per heavy atom. The molecule has 3 N–H and O–H groups in total. The molecule has 0 unspecified atom stereocenters. The van der Waals surface area contributed by atoms with Crippen molar-refractivity contribution < 1.29 is 19.1 Å². The van der Waals surface area contributed by atoms with Gasteiger partial charge >= 0.3 is 0 Å². The number of primary amides is 1. The molecule has 0 radical (unpaired) electrons. The number of carbonyl (C=O) groups is 3. The number of carbonyl (C=O) groups excluding carboxylic acids is 3. The van der Waals surface area contributed by atoms with Crippen molar-refractivity contribution in [3.05, 3.63) is 87.6 Å².